The number of hydrogen-bond acceptors (Lipinski definition) is 4. The third-order valence-corrected chi connectivity index (χ3v) is 13.1. The van der Waals surface area contributed by atoms with Crippen molar-refractivity contribution in [3.05, 3.63) is 225 Å². The van der Waals surface area contributed by atoms with Crippen LogP contribution >= 0.6 is 23.5 Å². The van der Waals surface area contributed by atoms with Gasteiger partial charge in [0, 0.05) is 35.8 Å². The van der Waals surface area contributed by atoms with E-state index in [9.17, 15) is 10.5 Å². The second-order valence-corrected chi connectivity index (χ2v) is 16.3. The number of nitriles is 2. The molecule has 0 N–H and O–H groups in total. The molecule has 6 nitrogen and oxygen atoms in total. The Morgan fingerprint density at radius 2 is 0.930 bits per heavy atom. The molecule has 1 atom stereocenters. The summed E-state index contributed by atoms with van der Waals surface area (Å²) in [4.78, 5) is 0. The number of nitrogens with zero attached hydrogens (tertiary/aromatic N) is 6. The normalized spacial score (nSPS) is 18.7. The maximum atomic E-state index is 9.44. The Bertz CT molecular complexity index is 3250. The van der Waals surface area contributed by atoms with E-state index in [1.165, 1.54) is 34.7 Å². The number of thioether (sulfide) groups is 2. The zero-order valence-electron chi connectivity index (χ0n) is 30.4. The number of benzene rings is 4. The maximum absolute atomic E-state index is 9.44. The largest absolute Gasteiger partial charge is 0.553 e. The van der Waals surface area contributed by atoms with Crippen LogP contribution in [0.3, 0.4) is 0 Å². The van der Waals surface area contributed by atoms with Crippen LogP contribution in [0.4, 0.5) is 0 Å². The van der Waals surface area contributed by atoms with Crippen LogP contribution in [0.15, 0.2) is 169 Å². The summed E-state index contributed by atoms with van der Waals surface area (Å²) in [5.41, 5.74) is 18.4. The van der Waals surface area contributed by atoms with Crippen LogP contribution in [0, 0.1) is 21.3 Å². The second kappa shape index (κ2) is 12.1. The molecule has 2 aromatic heterocycles. The average molecular weight is 767 g/mol. The Labute approximate surface area is 337 Å². The lowest BCUT2D eigenvalue weighted by molar-refractivity contribution is -0.834. The summed E-state index contributed by atoms with van der Waals surface area (Å²) in [6.45, 7) is 0. The minimum atomic E-state index is -0.864. The molecular formula is C49H30N6S2+2. The summed E-state index contributed by atoms with van der Waals surface area (Å²) in [6.07, 6.45) is 9.27. The maximum Gasteiger partial charge on any atom is 0.553 e. The Morgan fingerprint density at radius 3 is 1.46 bits per heavy atom. The first-order chi connectivity index (χ1) is 28.2. The number of thiocyanates is 2. The van der Waals surface area contributed by atoms with Crippen LogP contribution in [-0.4, -0.2) is 29.7 Å². The predicted octanol–water partition coefficient (Wildman–Crippen LogP) is 7.85. The van der Waals surface area contributed by atoms with E-state index in [2.05, 4.69) is 187 Å². The molecule has 0 fully saturated rings. The van der Waals surface area contributed by atoms with Crippen LogP contribution in [0.2, 0.25) is 0 Å². The predicted molar refractivity (Wildman–Crippen MR) is 227 cm³/mol. The van der Waals surface area contributed by atoms with Gasteiger partial charge in [-0.1, -0.05) is 106 Å². The van der Waals surface area contributed by atoms with E-state index in [4.69, 9.17) is 0 Å². The number of hydrogen-bond donors (Lipinski definition) is 0. The van der Waals surface area contributed by atoms with E-state index in [0.717, 1.165) is 89.4 Å². The van der Waals surface area contributed by atoms with Crippen molar-refractivity contribution in [2.24, 2.45) is 0 Å². The van der Waals surface area contributed by atoms with Crippen LogP contribution in [0.1, 0.15) is 44.8 Å². The summed E-state index contributed by atoms with van der Waals surface area (Å²) in [5.74, 6) is 0.384. The summed E-state index contributed by atoms with van der Waals surface area (Å²) in [5, 5.41) is 25.7. The van der Waals surface area contributed by atoms with E-state index in [1.807, 2.05) is 0 Å². The molecule has 57 heavy (non-hydrogen) atoms. The summed E-state index contributed by atoms with van der Waals surface area (Å²) in [7, 11) is 0. The summed E-state index contributed by atoms with van der Waals surface area (Å²) in [6, 6.07) is 48.3. The molecular weight excluding hydrogens is 737 g/mol. The van der Waals surface area contributed by atoms with Gasteiger partial charge in [0.05, 0.1) is 44.4 Å². The monoisotopic (exact) mass is 766 g/mol. The molecule has 0 amide bonds. The lowest BCUT2D eigenvalue weighted by atomic mass is 9.92. The van der Waals surface area contributed by atoms with Crippen molar-refractivity contribution in [3.63, 3.8) is 0 Å². The molecule has 0 saturated carbocycles. The first kappa shape index (κ1) is 32.4. The molecule has 1 unspecified atom stereocenters. The van der Waals surface area contributed by atoms with Crippen molar-refractivity contribution >= 4 is 57.2 Å². The molecule has 1 spiro atoms. The first-order valence-electron chi connectivity index (χ1n) is 18.9. The topological polar surface area (TPSA) is 63.5 Å². The lowest BCUT2D eigenvalue weighted by Crippen LogP contribution is -2.71. The quantitative estimate of drug-likeness (QED) is 0.117. The number of allylic oxidation sites excluding steroid dienone is 4. The molecule has 266 valence electrons. The van der Waals surface area contributed by atoms with Crippen LogP contribution in [0.5, 0.6) is 0 Å². The van der Waals surface area contributed by atoms with Crippen molar-refractivity contribution in [1.82, 2.24) is 9.13 Å². The Kier molecular flexibility index (Phi) is 6.87. The Morgan fingerprint density at radius 1 is 0.474 bits per heavy atom. The smallest absolute Gasteiger partial charge is 0.198 e. The van der Waals surface area contributed by atoms with E-state index in [0.29, 0.717) is 11.5 Å². The van der Waals surface area contributed by atoms with Gasteiger partial charge in [-0.2, -0.15) is 19.7 Å². The van der Waals surface area contributed by atoms with Gasteiger partial charge in [0.25, 0.3) is 0 Å². The van der Waals surface area contributed by atoms with Crippen LogP contribution in [0.25, 0.3) is 22.3 Å². The highest BCUT2D eigenvalue weighted by Crippen LogP contribution is 2.53. The van der Waals surface area contributed by atoms with Crippen LogP contribution < -0.4 is 10.7 Å². The zero-order valence-corrected chi connectivity index (χ0v) is 32.1. The molecule has 8 heteroatoms. The van der Waals surface area contributed by atoms with Gasteiger partial charge in [-0.25, -0.2) is 0 Å². The molecule has 6 aromatic rings. The van der Waals surface area contributed by atoms with Gasteiger partial charge in [0.1, 0.15) is 10.8 Å². The molecule has 6 aliphatic rings. The van der Waals surface area contributed by atoms with Gasteiger partial charge < -0.3 is 0 Å². The molecule has 8 heterocycles. The highest BCUT2D eigenvalue weighted by molar-refractivity contribution is 8.03. The second-order valence-electron chi connectivity index (χ2n) is 14.7. The van der Waals surface area contributed by atoms with Gasteiger partial charge >= 0.3 is 5.91 Å². The van der Waals surface area contributed by atoms with Gasteiger partial charge in [-0.05, 0) is 93.3 Å². The SMILES string of the molecule is N#CSCc1cccc(C2=C3C=CC4=[N+]3C35n6c2ccc6C(c2ccccc2)=C2C=CC(=[N+]23)C(c2cccc(CSC#N)c2)=c2ccc(n25)=C4c2ccccc2)c1. The molecule has 4 aromatic carbocycles. The molecule has 12 rings (SSSR count). The van der Waals surface area contributed by atoms with E-state index < -0.39 is 5.91 Å². The van der Waals surface area contributed by atoms with E-state index in [-0.39, 0.29) is 0 Å². The van der Waals surface area contributed by atoms with Crippen molar-refractivity contribution in [2.45, 2.75) is 17.4 Å². The van der Waals surface area contributed by atoms with Gasteiger partial charge in [0.2, 0.25) is 22.8 Å². The molecule has 0 aliphatic carbocycles. The van der Waals surface area contributed by atoms with E-state index >= 15 is 0 Å². The standard InChI is InChI=1S/C49H30N6S2/c50-29-56-27-31-9-7-15-35(25-31)47-41-21-17-37-45(33-11-3-1-4-12-33)38-18-22-42-48(36-16-8-10-32(26-36)28-57-30-51)44-24-20-40-46(34-13-5-2-6-14-34)39-19-23-43(47)54(39)49(52(37)41,53(38)42)55(40)44/h1-26H,27-28H2/q+2. The fourth-order valence-electron chi connectivity index (χ4n) is 9.98. The molecule has 6 aliphatic heterocycles. The number of rotatable bonds is 8. The number of aromatic nitrogens is 2. The fourth-order valence-corrected chi connectivity index (χ4v) is 10.8. The highest BCUT2D eigenvalue weighted by Gasteiger charge is 2.72. The third kappa shape index (κ3) is 4.21. The average Bonchev–Trinajstić information content (AvgIpc) is 4.09. The first-order valence-corrected chi connectivity index (χ1v) is 20.9. The fraction of sp³-hybridized carbons (Fsp3) is 0.0612. The van der Waals surface area contributed by atoms with Crippen molar-refractivity contribution < 1.29 is 9.15 Å². The van der Waals surface area contributed by atoms with Crippen LogP contribution in [-0.2, 0) is 17.4 Å². The van der Waals surface area contributed by atoms with E-state index in [1.54, 1.807) is 0 Å². The summed E-state index contributed by atoms with van der Waals surface area (Å²) < 4.78 is 10.4. The molecule has 0 saturated heterocycles. The third-order valence-electron chi connectivity index (χ3n) is 11.9. The van der Waals surface area contributed by atoms with Gasteiger partial charge in [-0.3, -0.25) is 0 Å². The Balaban J connectivity index is 1.27. The zero-order chi connectivity index (χ0) is 37.8. The highest BCUT2D eigenvalue weighted by atomic mass is 32.2. The summed E-state index contributed by atoms with van der Waals surface area (Å²) >= 11 is 2.54. The minimum absolute atomic E-state index is 0.624. The Hall–Kier alpha value is -6.84. The van der Waals surface area contributed by atoms with Crippen molar-refractivity contribution in [1.29, 1.82) is 10.5 Å². The minimum Gasteiger partial charge on any atom is -0.198 e. The molecule has 0 bridgehead atoms. The van der Waals surface area contributed by atoms with Gasteiger partial charge in [0.15, 0.2) is 0 Å². The molecule has 0 radical (unpaired) electrons. The van der Waals surface area contributed by atoms with Crippen molar-refractivity contribution in [3.8, 4) is 10.8 Å². The van der Waals surface area contributed by atoms with Crippen molar-refractivity contribution in [2.75, 3.05) is 0 Å². The van der Waals surface area contributed by atoms with Gasteiger partial charge in [-0.15, -0.1) is 0 Å². The lowest BCUT2D eigenvalue weighted by Gasteiger charge is -2.41.